The first-order valence-electron chi connectivity index (χ1n) is 9.46. The normalized spacial score (nSPS) is 20.7. The molecule has 2 atom stereocenters. The van der Waals surface area contributed by atoms with Crippen molar-refractivity contribution >= 4 is 11.7 Å². The minimum absolute atomic E-state index is 0.0649. The van der Waals surface area contributed by atoms with Crippen LogP contribution in [0.3, 0.4) is 0 Å². The van der Waals surface area contributed by atoms with Crippen molar-refractivity contribution in [2.45, 2.75) is 24.8 Å². The summed E-state index contributed by atoms with van der Waals surface area (Å²) >= 11 is 0. The number of Topliss-reactive ketones (excluding diaryl/α,β-unsaturated/α-hetero) is 1. The van der Waals surface area contributed by atoms with Gasteiger partial charge in [-0.05, 0) is 47.7 Å². The quantitative estimate of drug-likeness (QED) is 0.736. The van der Waals surface area contributed by atoms with Gasteiger partial charge in [0.05, 0.1) is 7.11 Å². The lowest BCUT2D eigenvalue weighted by Gasteiger charge is -2.35. The molecule has 29 heavy (non-hydrogen) atoms. The summed E-state index contributed by atoms with van der Waals surface area (Å²) in [5, 5.41) is 7.60. The van der Waals surface area contributed by atoms with Crippen molar-refractivity contribution in [1.82, 2.24) is 14.8 Å². The highest BCUT2D eigenvalue weighted by Crippen LogP contribution is 2.43. The van der Waals surface area contributed by atoms with Gasteiger partial charge < -0.3 is 10.1 Å². The molecule has 5 rings (SSSR count). The second-order valence-corrected chi connectivity index (χ2v) is 7.30. The maximum absolute atomic E-state index is 13.5. The summed E-state index contributed by atoms with van der Waals surface area (Å²) < 4.78 is 20.4. The van der Waals surface area contributed by atoms with E-state index in [1.54, 1.807) is 23.9 Å². The Morgan fingerprint density at radius 3 is 2.52 bits per heavy atom. The molecule has 2 aromatic carbocycles. The largest absolute Gasteiger partial charge is 0.497 e. The molecule has 0 saturated carbocycles. The van der Waals surface area contributed by atoms with Crippen molar-refractivity contribution < 1.29 is 13.9 Å². The van der Waals surface area contributed by atoms with Crippen LogP contribution in [0.2, 0.25) is 0 Å². The van der Waals surface area contributed by atoms with E-state index in [4.69, 9.17) is 4.74 Å². The monoisotopic (exact) mass is 390 g/mol. The van der Waals surface area contributed by atoms with Crippen LogP contribution in [0.1, 0.15) is 35.9 Å². The van der Waals surface area contributed by atoms with Crippen molar-refractivity contribution in [1.29, 1.82) is 0 Å². The summed E-state index contributed by atoms with van der Waals surface area (Å²) in [5.41, 5.74) is 3.44. The fraction of sp³-hybridized carbons (Fsp3) is 0.227. The van der Waals surface area contributed by atoms with Gasteiger partial charge in [-0.25, -0.2) is 9.07 Å². The van der Waals surface area contributed by atoms with Crippen LogP contribution < -0.4 is 10.1 Å². The number of rotatable bonds is 3. The lowest BCUT2D eigenvalue weighted by Crippen LogP contribution is -2.33. The number of aromatic nitrogens is 3. The van der Waals surface area contributed by atoms with Crippen molar-refractivity contribution in [3.63, 3.8) is 0 Å². The molecule has 1 aromatic heterocycles. The van der Waals surface area contributed by atoms with Gasteiger partial charge in [-0.3, -0.25) is 4.79 Å². The number of hydrogen-bond donors (Lipinski definition) is 1. The Morgan fingerprint density at radius 1 is 1.07 bits per heavy atom. The van der Waals surface area contributed by atoms with E-state index in [1.807, 2.05) is 24.3 Å². The molecule has 0 fully saturated rings. The average Bonchev–Trinajstić information content (AvgIpc) is 3.21. The van der Waals surface area contributed by atoms with E-state index < -0.39 is 6.04 Å². The number of fused-ring (bicyclic) bond motifs is 1. The number of anilines is 1. The van der Waals surface area contributed by atoms with E-state index in [0.717, 1.165) is 22.6 Å². The Bertz CT molecular complexity index is 1100. The maximum atomic E-state index is 13.5. The first-order chi connectivity index (χ1) is 14.1. The minimum atomic E-state index is -0.409. The molecular formula is C22H19FN4O2. The molecule has 146 valence electrons. The van der Waals surface area contributed by atoms with Gasteiger partial charge in [-0.15, -0.1) is 0 Å². The summed E-state index contributed by atoms with van der Waals surface area (Å²) in [4.78, 5) is 17.6. The highest BCUT2D eigenvalue weighted by molar-refractivity contribution is 6.00. The molecule has 2 heterocycles. The van der Waals surface area contributed by atoms with E-state index >= 15 is 0 Å². The summed E-state index contributed by atoms with van der Waals surface area (Å²) in [7, 11) is 1.63. The van der Waals surface area contributed by atoms with Crippen molar-refractivity contribution in [3.8, 4) is 5.75 Å². The number of methoxy groups -OCH3 is 1. The third-order valence-corrected chi connectivity index (χ3v) is 5.63. The lowest BCUT2D eigenvalue weighted by atomic mass is 9.78. The van der Waals surface area contributed by atoms with E-state index in [9.17, 15) is 9.18 Å². The van der Waals surface area contributed by atoms with E-state index in [2.05, 4.69) is 15.4 Å². The van der Waals surface area contributed by atoms with Crippen LogP contribution in [-0.2, 0) is 4.79 Å². The molecule has 0 amide bonds. The third kappa shape index (κ3) is 2.99. The van der Waals surface area contributed by atoms with Crippen molar-refractivity contribution in [2.24, 2.45) is 0 Å². The Kier molecular flexibility index (Phi) is 4.16. The molecular weight excluding hydrogens is 371 g/mol. The van der Waals surface area contributed by atoms with Gasteiger partial charge in [-0.1, -0.05) is 24.3 Å². The van der Waals surface area contributed by atoms with Crippen LogP contribution in [0.4, 0.5) is 10.3 Å². The number of carbonyl (C=O) groups excluding carboxylic acids is 1. The van der Waals surface area contributed by atoms with Gasteiger partial charge in [-0.2, -0.15) is 10.1 Å². The number of benzene rings is 2. The van der Waals surface area contributed by atoms with Gasteiger partial charge >= 0.3 is 0 Å². The zero-order valence-electron chi connectivity index (χ0n) is 15.8. The SMILES string of the molecule is COc1ccc([C@@H]2CC(=O)C3=C(C2)Nc2ncnn2[C@H]3c2ccc(F)cc2)cc1. The zero-order chi connectivity index (χ0) is 20.0. The fourth-order valence-corrected chi connectivity index (χ4v) is 4.22. The number of allylic oxidation sites excluding steroid dienone is 2. The topological polar surface area (TPSA) is 69.0 Å². The number of ether oxygens (including phenoxy) is 1. The molecule has 6 nitrogen and oxygen atoms in total. The van der Waals surface area contributed by atoms with E-state index in [-0.39, 0.29) is 17.5 Å². The fourth-order valence-electron chi connectivity index (χ4n) is 4.22. The summed E-state index contributed by atoms with van der Waals surface area (Å²) in [5.74, 6) is 1.19. The predicted molar refractivity (Wildman–Crippen MR) is 105 cm³/mol. The standard InChI is InChI=1S/C22H19FN4O2/c1-29-17-8-4-13(5-9-17)15-10-18-20(19(28)11-15)21(14-2-6-16(23)7-3-14)27-22(26-18)24-12-25-27/h2-9,12,15,21H,10-11H2,1H3,(H,24,25,26)/t15-,21-/m0/s1. The molecule has 0 saturated heterocycles. The molecule has 1 aliphatic carbocycles. The first kappa shape index (κ1) is 17.6. The Hall–Kier alpha value is -3.48. The predicted octanol–water partition coefficient (Wildman–Crippen LogP) is 3.84. The molecule has 1 aliphatic heterocycles. The van der Waals surface area contributed by atoms with E-state index in [0.29, 0.717) is 24.4 Å². The summed E-state index contributed by atoms with van der Waals surface area (Å²) in [6, 6.07) is 13.6. The highest BCUT2D eigenvalue weighted by Gasteiger charge is 2.39. The van der Waals surface area contributed by atoms with E-state index in [1.165, 1.54) is 18.5 Å². The zero-order valence-corrected chi connectivity index (χ0v) is 15.8. The van der Waals surface area contributed by atoms with Gasteiger partial charge in [0.15, 0.2) is 5.78 Å². The third-order valence-electron chi connectivity index (χ3n) is 5.63. The molecule has 3 aromatic rings. The molecule has 0 bridgehead atoms. The molecule has 1 N–H and O–H groups in total. The van der Waals surface area contributed by atoms with Crippen molar-refractivity contribution in [3.05, 3.63) is 83.1 Å². The number of hydrogen-bond acceptors (Lipinski definition) is 5. The molecule has 0 spiro atoms. The minimum Gasteiger partial charge on any atom is -0.497 e. The molecule has 7 heteroatoms. The average molecular weight is 390 g/mol. The number of halogens is 1. The van der Waals surface area contributed by atoms with Gasteiger partial charge in [0, 0.05) is 17.7 Å². The molecule has 2 aliphatic rings. The van der Waals surface area contributed by atoms with Crippen LogP contribution >= 0.6 is 0 Å². The Labute approximate surface area is 167 Å². The van der Waals surface area contributed by atoms with Crippen LogP contribution in [-0.4, -0.2) is 27.7 Å². The van der Waals surface area contributed by atoms with Crippen LogP contribution in [0, 0.1) is 5.82 Å². The molecule has 0 radical (unpaired) electrons. The van der Waals surface area contributed by atoms with Gasteiger partial charge in [0.1, 0.15) is 23.9 Å². The van der Waals surface area contributed by atoms with Crippen molar-refractivity contribution in [2.75, 3.05) is 12.4 Å². The summed E-state index contributed by atoms with van der Waals surface area (Å²) in [6.07, 6.45) is 2.56. The van der Waals surface area contributed by atoms with Crippen LogP contribution in [0.15, 0.2) is 66.1 Å². The Morgan fingerprint density at radius 2 is 1.79 bits per heavy atom. The number of ketones is 1. The van der Waals surface area contributed by atoms with Crippen LogP contribution in [0.25, 0.3) is 0 Å². The smallest absolute Gasteiger partial charge is 0.226 e. The van der Waals surface area contributed by atoms with Crippen LogP contribution in [0.5, 0.6) is 5.75 Å². The number of carbonyl (C=O) groups is 1. The first-order valence-corrected chi connectivity index (χ1v) is 9.46. The number of nitrogens with zero attached hydrogens (tertiary/aromatic N) is 3. The second kappa shape index (κ2) is 6.84. The second-order valence-electron chi connectivity index (χ2n) is 7.30. The highest BCUT2D eigenvalue weighted by atomic mass is 19.1. The maximum Gasteiger partial charge on any atom is 0.226 e. The lowest BCUT2D eigenvalue weighted by molar-refractivity contribution is -0.116. The summed E-state index contributed by atoms with van der Waals surface area (Å²) in [6.45, 7) is 0. The van der Waals surface area contributed by atoms with Gasteiger partial charge in [0.2, 0.25) is 5.95 Å². The van der Waals surface area contributed by atoms with Gasteiger partial charge in [0.25, 0.3) is 0 Å². The Balaban J connectivity index is 1.55. The molecule has 0 unspecified atom stereocenters. The number of nitrogens with one attached hydrogen (secondary N) is 1.